The van der Waals surface area contributed by atoms with Gasteiger partial charge in [0.15, 0.2) is 0 Å². The van der Waals surface area contributed by atoms with Gasteiger partial charge in [0.25, 0.3) is 5.69 Å². The fraction of sp³-hybridized carbons (Fsp3) is 0.462. The Kier molecular flexibility index (Phi) is 4.92. The van der Waals surface area contributed by atoms with Gasteiger partial charge >= 0.3 is 5.97 Å². The van der Waals surface area contributed by atoms with Crippen LogP contribution in [0, 0.1) is 10.1 Å². The van der Waals surface area contributed by atoms with Gasteiger partial charge in [0.1, 0.15) is 10.8 Å². The van der Waals surface area contributed by atoms with Gasteiger partial charge in [0, 0.05) is 25.2 Å². The number of nitro groups is 1. The molecule has 0 N–H and O–H groups in total. The van der Waals surface area contributed by atoms with E-state index in [0.29, 0.717) is 6.42 Å². The zero-order valence-electron chi connectivity index (χ0n) is 10.7. The lowest BCUT2D eigenvalue weighted by molar-refractivity contribution is -0.384. The molecule has 0 aromatic heterocycles. The highest BCUT2D eigenvalue weighted by Crippen LogP contribution is 2.28. The van der Waals surface area contributed by atoms with Crippen LogP contribution in [-0.2, 0) is 9.53 Å². The van der Waals surface area contributed by atoms with Gasteiger partial charge in [-0.3, -0.25) is 14.9 Å². The quantitative estimate of drug-likeness (QED) is 0.361. The molecule has 1 aromatic carbocycles. The van der Waals surface area contributed by atoms with E-state index in [-0.39, 0.29) is 29.0 Å². The SMILES string of the molecule is O=C(CCC1CCCO1)Oc1ccc([N+](=O)[O-])c(Cl)c1. The Hall–Kier alpha value is -1.66. The van der Waals surface area contributed by atoms with Crippen LogP contribution in [0.2, 0.25) is 5.02 Å². The Morgan fingerprint density at radius 3 is 2.95 bits per heavy atom. The van der Waals surface area contributed by atoms with Crippen LogP contribution in [-0.4, -0.2) is 23.6 Å². The predicted octanol–water partition coefficient (Wildman–Crippen LogP) is 3.11. The summed E-state index contributed by atoms with van der Waals surface area (Å²) in [6, 6.07) is 3.84. The topological polar surface area (TPSA) is 78.7 Å². The summed E-state index contributed by atoms with van der Waals surface area (Å²) in [5, 5.41) is 10.5. The largest absolute Gasteiger partial charge is 0.426 e. The second kappa shape index (κ2) is 6.67. The van der Waals surface area contributed by atoms with Gasteiger partial charge in [-0.15, -0.1) is 0 Å². The van der Waals surface area contributed by atoms with Crippen molar-refractivity contribution in [3.8, 4) is 5.75 Å². The Morgan fingerprint density at radius 1 is 1.55 bits per heavy atom. The minimum Gasteiger partial charge on any atom is -0.426 e. The molecule has 1 aliphatic rings. The molecule has 1 fully saturated rings. The van der Waals surface area contributed by atoms with Crippen LogP contribution in [0.3, 0.4) is 0 Å². The third kappa shape index (κ3) is 3.91. The second-order valence-corrected chi connectivity index (χ2v) is 4.93. The summed E-state index contributed by atoms with van der Waals surface area (Å²) in [6.45, 7) is 0.748. The highest BCUT2D eigenvalue weighted by molar-refractivity contribution is 6.32. The van der Waals surface area contributed by atoms with Crippen molar-refractivity contribution in [2.75, 3.05) is 6.61 Å². The maximum atomic E-state index is 11.6. The van der Waals surface area contributed by atoms with Crippen molar-refractivity contribution in [1.82, 2.24) is 0 Å². The van der Waals surface area contributed by atoms with E-state index in [1.807, 2.05) is 0 Å². The van der Waals surface area contributed by atoms with Gasteiger partial charge < -0.3 is 9.47 Å². The van der Waals surface area contributed by atoms with E-state index in [2.05, 4.69) is 0 Å². The van der Waals surface area contributed by atoms with Crippen molar-refractivity contribution >= 4 is 23.3 Å². The summed E-state index contributed by atoms with van der Waals surface area (Å²) >= 11 is 5.74. The van der Waals surface area contributed by atoms with E-state index in [1.54, 1.807) is 0 Å². The maximum Gasteiger partial charge on any atom is 0.311 e. The van der Waals surface area contributed by atoms with E-state index in [1.165, 1.54) is 18.2 Å². The van der Waals surface area contributed by atoms with Crippen LogP contribution in [0.15, 0.2) is 18.2 Å². The number of nitrogens with zero attached hydrogens (tertiary/aromatic N) is 1. The Morgan fingerprint density at radius 2 is 2.35 bits per heavy atom. The van der Waals surface area contributed by atoms with Crippen LogP contribution >= 0.6 is 11.6 Å². The summed E-state index contributed by atoms with van der Waals surface area (Å²) in [4.78, 5) is 21.7. The third-order valence-corrected chi connectivity index (χ3v) is 3.34. The van der Waals surface area contributed by atoms with E-state index in [9.17, 15) is 14.9 Å². The smallest absolute Gasteiger partial charge is 0.311 e. The van der Waals surface area contributed by atoms with Crippen LogP contribution in [0.5, 0.6) is 5.75 Å². The van der Waals surface area contributed by atoms with E-state index in [0.717, 1.165) is 19.4 Å². The summed E-state index contributed by atoms with van der Waals surface area (Å²) in [5.74, 6) is -0.191. The monoisotopic (exact) mass is 299 g/mol. The van der Waals surface area contributed by atoms with Gasteiger partial charge in [-0.25, -0.2) is 0 Å². The number of carbonyl (C=O) groups is 1. The van der Waals surface area contributed by atoms with Gasteiger partial charge in [-0.2, -0.15) is 0 Å². The molecule has 1 atom stereocenters. The average molecular weight is 300 g/mol. The maximum absolute atomic E-state index is 11.6. The first-order valence-corrected chi connectivity index (χ1v) is 6.70. The number of halogens is 1. The van der Waals surface area contributed by atoms with Crippen molar-refractivity contribution in [1.29, 1.82) is 0 Å². The fourth-order valence-corrected chi connectivity index (χ4v) is 2.27. The van der Waals surface area contributed by atoms with Gasteiger partial charge in [-0.1, -0.05) is 11.6 Å². The number of ether oxygens (including phenoxy) is 2. The molecule has 20 heavy (non-hydrogen) atoms. The molecule has 1 aromatic rings. The minimum absolute atomic E-state index is 0.0561. The summed E-state index contributed by atoms with van der Waals surface area (Å²) in [6.07, 6.45) is 3.00. The zero-order chi connectivity index (χ0) is 14.5. The molecule has 1 aliphatic heterocycles. The molecule has 0 radical (unpaired) electrons. The van der Waals surface area contributed by atoms with Crippen molar-refractivity contribution < 1.29 is 19.2 Å². The lowest BCUT2D eigenvalue weighted by Crippen LogP contribution is -2.13. The summed E-state index contributed by atoms with van der Waals surface area (Å²) < 4.78 is 10.5. The molecule has 108 valence electrons. The van der Waals surface area contributed by atoms with Crippen LogP contribution in [0.4, 0.5) is 5.69 Å². The van der Waals surface area contributed by atoms with Crippen LogP contribution in [0.25, 0.3) is 0 Å². The number of hydrogen-bond donors (Lipinski definition) is 0. The molecule has 0 aliphatic carbocycles. The molecule has 0 spiro atoms. The van der Waals surface area contributed by atoms with E-state index >= 15 is 0 Å². The molecule has 1 heterocycles. The first kappa shape index (κ1) is 14.7. The first-order chi connectivity index (χ1) is 9.56. The van der Waals surface area contributed by atoms with Crippen molar-refractivity contribution in [2.24, 2.45) is 0 Å². The molecule has 0 amide bonds. The molecular formula is C13H14ClNO5. The number of benzene rings is 1. The normalized spacial score (nSPS) is 17.9. The zero-order valence-corrected chi connectivity index (χ0v) is 11.5. The Balaban J connectivity index is 1.87. The minimum atomic E-state index is -0.592. The molecule has 6 nitrogen and oxygen atoms in total. The lowest BCUT2D eigenvalue weighted by Gasteiger charge is -2.08. The van der Waals surface area contributed by atoms with Gasteiger partial charge in [0.2, 0.25) is 0 Å². The van der Waals surface area contributed by atoms with Crippen molar-refractivity contribution in [3.05, 3.63) is 33.3 Å². The lowest BCUT2D eigenvalue weighted by atomic mass is 10.1. The number of carbonyl (C=O) groups excluding carboxylic acids is 1. The van der Waals surface area contributed by atoms with Gasteiger partial charge in [0.05, 0.1) is 11.0 Å². The summed E-state index contributed by atoms with van der Waals surface area (Å²) in [5.41, 5.74) is -0.217. The summed E-state index contributed by atoms with van der Waals surface area (Å²) in [7, 11) is 0. The molecule has 1 saturated heterocycles. The van der Waals surface area contributed by atoms with Gasteiger partial charge in [-0.05, 0) is 25.3 Å². The van der Waals surface area contributed by atoms with Crippen LogP contribution in [0.1, 0.15) is 25.7 Å². The predicted molar refractivity (Wildman–Crippen MR) is 71.9 cm³/mol. The Bertz CT molecular complexity index is 513. The molecular weight excluding hydrogens is 286 g/mol. The molecule has 0 bridgehead atoms. The third-order valence-electron chi connectivity index (χ3n) is 3.04. The average Bonchev–Trinajstić information content (AvgIpc) is 2.89. The molecule has 7 heteroatoms. The number of hydrogen-bond acceptors (Lipinski definition) is 5. The molecule has 2 rings (SSSR count). The fourth-order valence-electron chi connectivity index (χ4n) is 2.03. The molecule has 1 unspecified atom stereocenters. The number of rotatable bonds is 5. The molecule has 0 saturated carbocycles. The van der Waals surface area contributed by atoms with Crippen molar-refractivity contribution in [3.63, 3.8) is 0 Å². The number of esters is 1. The first-order valence-electron chi connectivity index (χ1n) is 6.32. The highest BCUT2D eigenvalue weighted by Gasteiger charge is 2.18. The van der Waals surface area contributed by atoms with E-state index in [4.69, 9.17) is 21.1 Å². The van der Waals surface area contributed by atoms with E-state index < -0.39 is 10.9 Å². The standard InChI is InChI=1S/C13H14ClNO5/c14-11-8-10(3-5-12(11)15(17)18)20-13(16)6-4-9-2-1-7-19-9/h3,5,8-9H,1-2,4,6-7H2. The Labute approximate surface area is 120 Å². The highest BCUT2D eigenvalue weighted by atomic mass is 35.5. The van der Waals surface area contributed by atoms with Crippen molar-refractivity contribution in [2.45, 2.75) is 31.8 Å². The second-order valence-electron chi connectivity index (χ2n) is 4.52. The number of nitro benzene ring substituents is 1. The van der Waals surface area contributed by atoms with Crippen LogP contribution < -0.4 is 4.74 Å².